The van der Waals surface area contributed by atoms with Gasteiger partial charge in [0.1, 0.15) is 5.82 Å². The Bertz CT molecular complexity index is 407. The Morgan fingerprint density at radius 1 is 1.56 bits per heavy atom. The van der Waals surface area contributed by atoms with Gasteiger partial charge in [-0.05, 0) is 31.4 Å². The van der Waals surface area contributed by atoms with Gasteiger partial charge in [-0.2, -0.15) is 0 Å². The van der Waals surface area contributed by atoms with E-state index in [-0.39, 0.29) is 18.6 Å². The van der Waals surface area contributed by atoms with Crippen LogP contribution in [0, 0.1) is 0 Å². The van der Waals surface area contributed by atoms with E-state index >= 15 is 0 Å². The zero-order chi connectivity index (χ0) is 13.0. The Labute approximate surface area is 106 Å². The van der Waals surface area contributed by atoms with Gasteiger partial charge in [-0.15, -0.1) is 10.2 Å². The molecule has 1 aromatic rings. The lowest BCUT2D eigenvalue weighted by molar-refractivity contribution is 0.0709. The van der Waals surface area contributed by atoms with Crippen molar-refractivity contribution in [2.75, 3.05) is 25.5 Å². The van der Waals surface area contributed by atoms with Crippen LogP contribution in [0.3, 0.4) is 0 Å². The minimum atomic E-state index is -0.0962. The van der Waals surface area contributed by atoms with Gasteiger partial charge in [0.2, 0.25) is 0 Å². The molecule has 1 unspecified atom stereocenters. The van der Waals surface area contributed by atoms with Crippen molar-refractivity contribution in [2.24, 2.45) is 0 Å². The Morgan fingerprint density at radius 3 is 3.00 bits per heavy atom. The molecule has 18 heavy (non-hydrogen) atoms. The molecule has 1 saturated heterocycles. The summed E-state index contributed by atoms with van der Waals surface area (Å²) in [6.45, 7) is 0.845. The van der Waals surface area contributed by atoms with Crippen molar-refractivity contribution < 1.29 is 9.90 Å². The quantitative estimate of drug-likeness (QED) is 0.814. The summed E-state index contributed by atoms with van der Waals surface area (Å²) in [7, 11) is 1.75. The molecule has 0 aromatic carbocycles. The number of anilines is 1. The molecule has 2 rings (SSSR count). The van der Waals surface area contributed by atoms with Crippen molar-refractivity contribution in [3.05, 3.63) is 17.8 Å². The van der Waals surface area contributed by atoms with Gasteiger partial charge < -0.3 is 15.3 Å². The second kappa shape index (κ2) is 5.77. The first-order valence-corrected chi connectivity index (χ1v) is 6.19. The number of likely N-dealkylation sites (tertiary alicyclic amines) is 1. The molecule has 1 fully saturated rings. The molecule has 0 aliphatic carbocycles. The van der Waals surface area contributed by atoms with Gasteiger partial charge in [0.05, 0.1) is 0 Å². The summed E-state index contributed by atoms with van der Waals surface area (Å²) in [5, 5.41) is 19.7. The van der Waals surface area contributed by atoms with Crippen LogP contribution < -0.4 is 5.32 Å². The maximum absolute atomic E-state index is 12.3. The van der Waals surface area contributed by atoms with Crippen molar-refractivity contribution >= 4 is 11.7 Å². The molecule has 2 heterocycles. The summed E-state index contributed by atoms with van der Waals surface area (Å²) in [4.78, 5) is 14.0. The standard InChI is InChI=1S/C12H18N4O2/c1-13-11-5-4-10(14-15-11)12(18)16-7-2-3-9(16)6-8-17/h4-5,9,17H,2-3,6-8H2,1H3,(H,13,15). The monoisotopic (exact) mass is 250 g/mol. The van der Waals surface area contributed by atoms with Gasteiger partial charge in [-0.1, -0.05) is 0 Å². The average molecular weight is 250 g/mol. The number of aliphatic hydroxyl groups is 1. The molecule has 1 aromatic heterocycles. The van der Waals surface area contributed by atoms with Crippen LogP contribution >= 0.6 is 0 Å². The zero-order valence-electron chi connectivity index (χ0n) is 10.5. The lowest BCUT2D eigenvalue weighted by atomic mass is 10.1. The molecular formula is C12H18N4O2. The lowest BCUT2D eigenvalue weighted by Gasteiger charge is -2.23. The van der Waals surface area contributed by atoms with Crippen LogP contribution in [0.15, 0.2) is 12.1 Å². The van der Waals surface area contributed by atoms with E-state index < -0.39 is 0 Å². The third-order valence-corrected chi connectivity index (χ3v) is 3.24. The Hall–Kier alpha value is -1.69. The van der Waals surface area contributed by atoms with E-state index in [1.165, 1.54) is 0 Å². The Balaban J connectivity index is 2.09. The predicted molar refractivity (Wildman–Crippen MR) is 67.3 cm³/mol. The number of nitrogens with zero attached hydrogens (tertiary/aromatic N) is 3. The van der Waals surface area contributed by atoms with E-state index in [2.05, 4.69) is 15.5 Å². The summed E-state index contributed by atoms with van der Waals surface area (Å²) >= 11 is 0. The normalized spacial score (nSPS) is 19.0. The molecule has 1 aliphatic rings. The van der Waals surface area contributed by atoms with E-state index in [4.69, 9.17) is 5.11 Å². The van der Waals surface area contributed by atoms with Gasteiger partial charge in [-0.3, -0.25) is 4.79 Å². The summed E-state index contributed by atoms with van der Waals surface area (Å²) in [6, 6.07) is 3.54. The smallest absolute Gasteiger partial charge is 0.274 e. The number of carbonyl (C=O) groups is 1. The van der Waals surface area contributed by atoms with E-state index in [1.807, 2.05) is 0 Å². The molecule has 1 atom stereocenters. The minimum absolute atomic E-state index is 0.0962. The summed E-state index contributed by atoms with van der Waals surface area (Å²) in [6.07, 6.45) is 2.57. The Kier molecular flexibility index (Phi) is 4.09. The second-order valence-electron chi connectivity index (χ2n) is 4.36. The van der Waals surface area contributed by atoms with Crippen molar-refractivity contribution in [3.63, 3.8) is 0 Å². The number of carbonyl (C=O) groups excluding carboxylic acids is 1. The molecule has 6 heteroatoms. The maximum Gasteiger partial charge on any atom is 0.274 e. The number of hydrogen-bond donors (Lipinski definition) is 2. The molecule has 1 amide bonds. The molecule has 0 saturated carbocycles. The van der Waals surface area contributed by atoms with Crippen LogP contribution in [0.4, 0.5) is 5.82 Å². The van der Waals surface area contributed by atoms with Crippen LogP contribution in [-0.2, 0) is 0 Å². The average Bonchev–Trinajstić information content (AvgIpc) is 2.87. The summed E-state index contributed by atoms with van der Waals surface area (Å²) < 4.78 is 0. The highest BCUT2D eigenvalue weighted by Gasteiger charge is 2.29. The summed E-state index contributed by atoms with van der Waals surface area (Å²) in [5.74, 6) is 0.543. The number of aliphatic hydroxyl groups excluding tert-OH is 1. The van der Waals surface area contributed by atoms with Crippen molar-refractivity contribution in [1.29, 1.82) is 0 Å². The second-order valence-corrected chi connectivity index (χ2v) is 4.36. The first-order valence-electron chi connectivity index (χ1n) is 6.19. The maximum atomic E-state index is 12.3. The summed E-state index contributed by atoms with van der Waals surface area (Å²) in [5.41, 5.74) is 0.360. The van der Waals surface area contributed by atoms with Crippen LogP contribution in [0.25, 0.3) is 0 Å². The first kappa shape index (κ1) is 12.8. The number of aromatic nitrogens is 2. The van der Waals surface area contributed by atoms with Crippen LogP contribution in [0.1, 0.15) is 29.8 Å². The topological polar surface area (TPSA) is 78.4 Å². The highest BCUT2D eigenvalue weighted by molar-refractivity contribution is 5.92. The molecule has 6 nitrogen and oxygen atoms in total. The highest BCUT2D eigenvalue weighted by Crippen LogP contribution is 2.21. The Morgan fingerprint density at radius 2 is 2.39 bits per heavy atom. The zero-order valence-corrected chi connectivity index (χ0v) is 10.5. The van der Waals surface area contributed by atoms with E-state index in [0.717, 1.165) is 19.4 Å². The van der Waals surface area contributed by atoms with Crippen molar-refractivity contribution in [2.45, 2.75) is 25.3 Å². The van der Waals surface area contributed by atoms with E-state index in [0.29, 0.717) is 17.9 Å². The molecular weight excluding hydrogens is 232 g/mol. The van der Waals surface area contributed by atoms with E-state index in [1.54, 1.807) is 24.1 Å². The van der Waals surface area contributed by atoms with E-state index in [9.17, 15) is 4.79 Å². The fraction of sp³-hybridized carbons (Fsp3) is 0.583. The SMILES string of the molecule is CNc1ccc(C(=O)N2CCCC2CCO)nn1. The third-order valence-electron chi connectivity index (χ3n) is 3.24. The van der Waals surface area contributed by atoms with Gasteiger partial charge in [0, 0.05) is 26.2 Å². The minimum Gasteiger partial charge on any atom is -0.396 e. The molecule has 0 bridgehead atoms. The lowest BCUT2D eigenvalue weighted by Crippen LogP contribution is -2.36. The third kappa shape index (κ3) is 2.59. The predicted octanol–water partition coefficient (Wildman–Crippen LogP) is 0.505. The molecule has 1 aliphatic heterocycles. The van der Waals surface area contributed by atoms with Crippen LogP contribution in [-0.4, -0.2) is 52.4 Å². The van der Waals surface area contributed by atoms with Crippen LogP contribution in [0.2, 0.25) is 0 Å². The van der Waals surface area contributed by atoms with Gasteiger partial charge in [-0.25, -0.2) is 0 Å². The number of nitrogens with one attached hydrogen (secondary N) is 1. The fourth-order valence-electron chi connectivity index (χ4n) is 2.28. The molecule has 2 N–H and O–H groups in total. The molecule has 98 valence electrons. The van der Waals surface area contributed by atoms with Gasteiger partial charge >= 0.3 is 0 Å². The van der Waals surface area contributed by atoms with Crippen molar-refractivity contribution in [3.8, 4) is 0 Å². The molecule has 0 spiro atoms. The number of rotatable bonds is 4. The highest BCUT2D eigenvalue weighted by atomic mass is 16.3. The van der Waals surface area contributed by atoms with Crippen LogP contribution in [0.5, 0.6) is 0 Å². The van der Waals surface area contributed by atoms with Crippen molar-refractivity contribution in [1.82, 2.24) is 15.1 Å². The first-order chi connectivity index (χ1) is 8.76. The number of amides is 1. The van der Waals surface area contributed by atoms with Gasteiger partial charge in [0.25, 0.3) is 5.91 Å². The van der Waals surface area contributed by atoms with Gasteiger partial charge in [0.15, 0.2) is 5.69 Å². The largest absolute Gasteiger partial charge is 0.396 e. The fourth-order valence-corrected chi connectivity index (χ4v) is 2.28. The molecule has 0 radical (unpaired) electrons. The number of hydrogen-bond acceptors (Lipinski definition) is 5.